The van der Waals surface area contributed by atoms with E-state index in [1.807, 2.05) is 68.4 Å². The van der Waals surface area contributed by atoms with Crippen LogP contribution >= 0.6 is 0 Å². The Hall–Kier alpha value is -4.91. The molecule has 0 bridgehead atoms. The van der Waals surface area contributed by atoms with E-state index in [1.54, 1.807) is 19.4 Å². The van der Waals surface area contributed by atoms with Crippen LogP contribution in [0, 0.1) is 13.8 Å². The van der Waals surface area contributed by atoms with Crippen LogP contribution in [-0.4, -0.2) is 37.1 Å². The third-order valence-electron chi connectivity index (χ3n) is 7.53. The number of nitrogens with zero attached hydrogens (tertiary/aromatic N) is 4. The number of hydrogen-bond donors (Lipinski definition) is 0. The van der Waals surface area contributed by atoms with E-state index in [2.05, 4.69) is 51.1 Å². The first-order chi connectivity index (χ1) is 20.7. The first-order valence-electron chi connectivity index (χ1n) is 14.4. The van der Waals surface area contributed by atoms with Crippen molar-refractivity contribution in [3.8, 4) is 22.9 Å². The van der Waals surface area contributed by atoms with Gasteiger partial charge in [0.2, 0.25) is 0 Å². The first kappa shape index (κ1) is 29.6. The van der Waals surface area contributed by atoms with Crippen molar-refractivity contribution in [3.63, 3.8) is 0 Å². The van der Waals surface area contributed by atoms with Crippen molar-refractivity contribution in [2.24, 2.45) is 5.10 Å². The normalized spacial score (nSPS) is 11.4. The van der Waals surface area contributed by atoms with Gasteiger partial charge in [0.25, 0.3) is 5.56 Å². The van der Waals surface area contributed by atoms with Gasteiger partial charge in [-0.3, -0.25) is 4.79 Å². The van der Waals surface area contributed by atoms with Gasteiger partial charge >= 0.3 is 0 Å². The third-order valence-corrected chi connectivity index (χ3v) is 7.53. The molecule has 7 nitrogen and oxygen atoms in total. The predicted molar refractivity (Wildman–Crippen MR) is 176 cm³/mol. The Bertz CT molecular complexity index is 1850. The van der Waals surface area contributed by atoms with E-state index in [0.29, 0.717) is 29.1 Å². The molecule has 0 aliphatic rings. The summed E-state index contributed by atoms with van der Waals surface area (Å²) in [5.41, 5.74) is 7.17. The first-order valence-corrected chi connectivity index (χ1v) is 14.4. The molecule has 0 aliphatic heterocycles. The molecule has 7 heteroatoms. The maximum atomic E-state index is 13.9. The second kappa shape index (κ2) is 12.5. The van der Waals surface area contributed by atoms with Gasteiger partial charge in [0.15, 0.2) is 5.82 Å². The second-order valence-corrected chi connectivity index (χ2v) is 11.3. The lowest BCUT2D eigenvalue weighted by Gasteiger charge is -2.18. The highest BCUT2D eigenvalue weighted by molar-refractivity contribution is 5.85. The largest absolute Gasteiger partial charge is 0.496 e. The van der Waals surface area contributed by atoms with Crippen molar-refractivity contribution in [1.29, 1.82) is 0 Å². The molecule has 0 radical (unpaired) electrons. The Morgan fingerprint density at radius 1 is 0.953 bits per heavy atom. The maximum Gasteiger partial charge on any atom is 0.282 e. The van der Waals surface area contributed by atoms with Gasteiger partial charge in [-0.25, -0.2) is 4.98 Å². The zero-order valence-corrected chi connectivity index (χ0v) is 25.9. The minimum Gasteiger partial charge on any atom is -0.496 e. The molecule has 0 atom stereocenters. The number of methoxy groups -OCH3 is 1. The number of anilines is 1. The molecule has 0 aliphatic carbocycles. The lowest BCUT2D eigenvalue weighted by molar-refractivity contribution is 0.306. The van der Waals surface area contributed by atoms with E-state index in [9.17, 15) is 4.79 Å². The Labute approximate surface area is 253 Å². The zero-order chi connectivity index (χ0) is 30.7. The molecule has 0 saturated heterocycles. The van der Waals surface area contributed by atoms with Crippen molar-refractivity contribution in [3.05, 3.63) is 117 Å². The third kappa shape index (κ3) is 6.31. The summed E-state index contributed by atoms with van der Waals surface area (Å²) in [6.45, 7) is 8.70. The number of aryl methyl sites for hydroxylation is 2. The van der Waals surface area contributed by atoms with Crippen LogP contribution in [0.3, 0.4) is 0 Å². The van der Waals surface area contributed by atoms with Gasteiger partial charge in [-0.05, 0) is 72.9 Å². The monoisotopic (exact) mass is 574 g/mol. The number of rotatable bonds is 9. The van der Waals surface area contributed by atoms with E-state index in [-0.39, 0.29) is 11.5 Å². The summed E-state index contributed by atoms with van der Waals surface area (Å²) >= 11 is 0. The predicted octanol–water partition coefficient (Wildman–Crippen LogP) is 7.34. The molecule has 5 aromatic rings. The highest BCUT2D eigenvalue weighted by Crippen LogP contribution is 2.34. The fourth-order valence-electron chi connectivity index (χ4n) is 4.97. The van der Waals surface area contributed by atoms with Gasteiger partial charge in [-0.1, -0.05) is 55.8 Å². The number of aromatic nitrogens is 2. The number of ether oxygens (including phenoxy) is 2. The summed E-state index contributed by atoms with van der Waals surface area (Å²) in [6.07, 6.45) is 1.67. The number of fused-ring (bicyclic) bond motifs is 1. The molecule has 0 amide bonds. The fraction of sp³-hybridized carbons (Fsp3) is 0.250. The van der Waals surface area contributed by atoms with Gasteiger partial charge in [0.1, 0.15) is 18.1 Å². The van der Waals surface area contributed by atoms with Crippen LogP contribution in [0.1, 0.15) is 47.6 Å². The molecule has 0 fully saturated rings. The molecule has 1 aromatic heterocycles. The molecule has 0 spiro atoms. The lowest BCUT2D eigenvalue weighted by atomic mass is 9.96. The van der Waals surface area contributed by atoms with Crippen LogP contribution in [0.15, 0.2) is 88.8 Å². The summed E-state index contributed by atoms with van der Waals surface area (Å²) in [7, 11) is 5.65. The molecule has 43 heavy (non-hydrogen) atoms. The van der Waals surface area contributed by atoms with Crippen LogP contribution in [0.25, 0.3) is 22.3 Å². The maximum absolute atomic E-state index is 13.9. The van der Waals surface area contributed by atoms with E-state index < -0.39 is 0 Å². The quantitative estimate of drug-likeness (QED) is 0.172. The Morgan fingerprint density at radius 3 is 2.40 bits per heavy atom. The Morgan fingerprint density at radius 2 is 1.70 bits per heavy atom. The second-order valence-electron chi connectivity index (χ2n) is 11.3. The minimum absolute atomic E-state index is 0.210. The van der Waals surface area contributed by atoms with Gasteiger partial charge < -0.3 is 14.4 Å². The van der Waals surface area contributed by atoms with Crippen LogP contribution < -0.4 is 19.9 Å². The number of hydrogen-bond acceptors (Lipinski definition) is 6. The van der Waals surface area contributed by atoms with E-state index in [4.69, 9.17) is 19.6 Å². The Kier molecular flexibility index (Phi) is 8.62. The molecular formula is C36H38N4O3. The van der Waals surface area contributed by atoms with E-state index >= 15 is 0 Å². The summed E-state index contributed by atoms with van der Waals surface area (Å²) < 4.78 is 13.4. The van der Waals surface area contributed by atoms with Crippen LogP contribution in [0.2, 0.25) is 0 Å². The number of benzene rings is 4. The van der Waals surface area contributed by atoms with Crippen molar-refractivity contribution in [2.75, 3.05) is 26.1 Å². The number of para-hydroxylation sites is 1. The molecule has 0 saturated carbocycles. The summed E-state index contributed by atoms with van der Waals surface area (Å²) in [6, 6.07) is 25.6. The molecule has 5 rings (SSSR count). The van der Waals surface area contributed by atoms with Gasteiger partial charge in [-0.2, -0.15) is 9.78 Å². The van der Waals surface area contributed by atoms with E-state index in [0.717, 1.165) is 39.3 Å². The average molecular weight is 575 g/mol. The van der Waals surface area contributed by atoms with Crippen LogP contribution in [0.5, 0.6) is 11.5 Å². The lowest BCUT2D eigenvalue weighted by Crippen LogP contribution is -2.21. The molecule has 0 N–H and O–H groups in total. The topological polar surface area (TPSA) is 69.0 Å². The van der Waals surface area contributed by atoms with E-state index in [1.165, 1.54) is 10.2 Å². The molecule has 0 unspecified atom stereocenters. The fourth-order valence-corrected chi connectivity index (χ4v) is 4.97. The Balaban J connectivity index is 1.64. The molecule has 1 heterocycles. The summed E-state index contributed by atoms with van der Waals surface area (Å²) in [5, 5.41) is 5.25. The van der Waals surface area contributed by atoms with Crippen LogP contribution in [-0.2, 0) is 6.61 Å². The van der Waals surface area contributed by atoms with Gasteiger partial charge in [0, 0.05) is 37.0 Å². The molecular weight excluding hydrogens is 536 g/mol. The SMILES string of the molecule is COc1cc(C)c(-c2nc3ccccc3c(=O)n2N=Cc2ccc(N(C)C)cc2OCc2ccc(C)cc2)cc1C(C)C. The van der Waals surface area contributed by atoms with Crippen molar-refractivity contribution in [2.45, 2.75) is 40.2 Å². The summed E-state index contributed by atoms with van der Waals surface area (Å²) in [5.74, 6) is 2.16. The van der Waals surface area contributed by atoms with Crippen molar-refractivity contribution >= 4 is 22.8 Å². The summed E-state index contributed by atoms with van der Waals surface area (Å²) in [4.78, 5) is 20.9. The highest BCUT2D eigenvalue weighted by Gasteiger charge is 2.18. The van der Waals surface area contributed by atoms with Gasteiger partial charge in [-0.15, -0.1) is 0 Å². The molecule has 220 valence electrons. The highest BCUT2D eigenvalue weighted by atomic mass is 16.5. The minimum atomic E-state index is -0.245. The smallest absolute Gasteiger partial charge is 0.282 e. The van der Waals surface area contributed by atoms with Gasteiger partial charge in [0.05, 0.1) is 24.2 Å². The van der Waals surface area contributed by atoms with Crippen molar-refractivity contribution in [1.82, 2.24) is 9.66 Å². The van der Waals surface area contributed by atoms with Crippen molar-refractivity contribution < 1.29 is 9.47 Å². The zero-order valence-electron chi connectivity index (χ0n) is 25.9. The molecule has 4 aromatic carbocycles. The standard InChI is InChI=1S/C36H38N4O3/c1-23(2)30-20-31(25(4)18-34(30)42-7)35-38-32-11-9-8-10-29(32)36(41)40(35)37-21-27-16-17-28(39(5)6)19-33(27)43-22-26-14-12-24(3)13-15-26/h8-21,23H,22H2,1-7H3. The average Bonchev–Trinajstić information content (AvgIpc) is 3.00. The van der Waals surface area contributed by atoms with Crippen LogP contribution in [0.4, 0.5) is 5.69 Å².